The Kier molecular flexibility index (Phi) is 4.10. The van der Waals surface area contributed by atoms with E-state index in [1.165, 1.54) is 18.4 Å². The molecule has 0 amide bonds. The molecule has 12 heavy (non-hydrogen) atoms. The molecular formula is C10H18ClN. The van der Waals surface area contributed by atoms with Crippen LogP contribution < -0.4 is 5.32 Å². The molecule has 0 radical (unpaired) electrons. The van der Waals surface area contributed by atoms with E-state index in [1.807, 2.05) is 0 Å². The molecule has 0 aromatic carbocycles. The van der Waals surface area contributed by atoms with E-state index in [9.17, 15) is 0 Å². The van der Waals surface area contributed by atoms with Crippen LogP contribution >= 0.6 is 11.6 Å². The second-order valence-electron chi connectivity index (χ2n) is 3.79. The van der Waals surface area contributed by atoms with E-state index in [0.717, 1.165) is 19.0 Å². The average Bonchev–Trinajstić information content (AvgIpc) is 2.79. The molecule has 0 saturated heterocycles. The molecule has 0 aromatic rings. The van der Waals surface area contributed by atoms with Gasteiger partial charge in [-0.3, -0.25) is 0 Å². The molecule has 0 heterocycles. The van der Waals surface area contributed by atoms with Gasteiger partial charge in [0.25, 0.3) is 0 Å². The minimum absolute atomic E-state index is 0.357. The van der Waals surface area contributed by atoms with Crippen molar-refractivity contribution < 1.29 is 0 Å². The Labute approximate surface area is 80.2 Å². The van der Waals surface area contributed by atoms with Crippen molar-refractivity contribution >= 4 is 11.6 Å². The van der Waals surface area contributed by atoms with E-state index >= 15 is 0 Å². The van der Waals surface area contributed by atoms with Crippen LogP contribution in [0.1, 0.15) is 26.7 Å². The summed E-state index contributed by atoms with van der Waals surface area (Å²) in [5, 5.41) is 3.69. The predicted octanol–water partition coefficient (Wildman–Crippen LogP) is 2.56. The Morgan fingerprint density at radius 1 is 1.58 bits per heavy atom. The fourth-order valence-electron chi connectivity index (χ4n) is 1.12. The number of hydrogen-bond acceptors (Lipinski definition) is 1. The number of allylic oxidation sites excluding steroid dienone is 1. The van der Waals surface area contributed by atoms with Gasteiger partial charge in [-0.1, -0.05) is 11.6 Å². The Balaban J connectivity index is 1.97. The van der Waals surface area contributed by atoms with E-state index in [0.29, 0.717) is 5.38 Å². The van der Waals surface area contributed by atoms with Crippen LogP contribution in [0.3, 0.4) is 0 Å². The van der Waals surface area contributed by atoms with E-state index in [1.54, 1.807) is 0 Å². The van der Waals surface area contributed by atoms with Crippen LogP contribution in [-0.2, 0) is 0 Å². The molecule has 1 aliphatic rings. The van der Waals surface area contributed by atoms with Gasteiger partial charge in [-0.25, -0.2) is 0 Å². The van der Waals surface area contributed by atoms with Gasteiger partial charge in [0.05, 0.1) is 0 Å². The van der Waals surface area contributed by atoms with Crippen LogP contribution in [0, 0.1) is 5.92 Å². The first kappa shape index (κ1) is 10.1. The van der Waals surface area contributed by atoms with Crippen LogP contribution in [0.5, 0.6) is 0 Å². The number of alkyl halides is 1. The predicted molar refractivity (Wildman–Crippen MR) is 54.7 cm³/mol. The van der Waals surface area contributed by atoms with E-state index in [4.69, 9.17) is 11.6 Å². The van der Waals surface area contributed by atoms with Crippen molar-refractivity contribution in [1.29, 1.82) is 0 Å². The molecule has 1 aliphatic carbocycles. The molecule has 0 aliphatic heterocycles. The van der Waals surface area contributed by atoms with E-state index < -0.39 is 0 Å². The molecule has 2 heteroatoms. The lowest BCUT2D eigenvalue weighted by Crippen LogP contribution is -2.24. The minimum atomic E-state index is 0.357. The summed E-state index contributed by atoms with van der Waals surface area (Å²) >= 11 is 6.11. The van der Waals surface area contributed by atoms with Crippen molar-refractivity contribution in [2.75, 3.05) is 13.1 Å². The van der Waals surface area contributed by atoms with Crippen molar-refractivity contribution in [2.24, 2.45) is 5.92 Å². The summed E-state index contributed by atoms with van der Waals surface area (Å²) in [6, 6.07) is 0. The van der Waals surface area contributed by atoms with E-state index in [2.05, 4.69) is 25.2 Å². The number of halogens is 1. The first-order valence-electron chi connectivity index (χ1n) is 4.68. The largest absolute Gasteiger partial charge is 0.312 e. The lowest BCUT2D eigenvalue weighted by atomic mass is 10.3. The van der Waals surface area contributed by atoms with Gasteiger partial charge in [0.15, 0.2) is 0 Å². The third kappa shape index (κ3) is 4.13. The van der Waals surface area contributed by atoms with Crippen LogP contribution in [0.15, 0.2) is 11.6 Å². The fraction of sp³-hybridized carbons (Fsp3) is 0.800. The second kappa shape index (κ2) is 4.88. The minimum Gasteiger partial charge on any atom is -0.312 e. The first-order valence-corrected chi connectivity index (χ1v) is 5.12. The van der Waals surface area contributed by atoms with Crippen LogP contribution in [0.25, 0.3) is 0 Å². The third-order valence-electron chi connectivity index (χ3n) is 2.13. The lowest BCUT2D eigenvalue weighted by molar-refractivity contribution is 0.651. The van der Waals surface area contributed by atoms with Crippen molar-refractivity contribution in [3.63, 3.8) is 0 Å². The van der Waals surface area contributed by atoms with Gasteiger partial charge < -0.3 is 5.32 Å². The zero-order chi connectivity index (χ0) is 8.97. The monoisotopic (exact) mass is 187 g/mol. The molecule has 1 unspecified atom stereocenters. The van der Waals surface area contributed by atoms with Gasteiger partial charge >= 0.3 is 0 Å². The van der Waals surface area contributed by atoms with Gasteiger partial charge in [-0.05, 0) is 32.6 Å². The van der Waals surface area contributed by atoms with E-state index in [-0.39, 0.29) is 0 Å². The highest BCUT2D eigenvalue weighted by Gasteiger charge is 2.28. The Hall–Kier alpha value is -0.0100. The normalized spacial score (nSPS) is 18.9. The van der Waals surface area contributed by atoms with Gasteiger partial charge in [0.2, 0.25) is 0 Å². The van der Waals surface area contributed by atoms with Gasteiger partial charge in [0, 0.05) is 18.5 Å². The van der Waals surface area contributed by atoms with Crippen LogP contribution in [-0.4, -0.2) is 18.5 Å². The van der Waals surface area contributed by atoms with Crippen molar-refractivity contribution in [1.82, 2.24) is 5.32 Å². The number of nitrogens with one attached hydrogen (secondary N) is 1. The van der Waals surface area contributed by atoms with Crippen molar-refractivity contribution in [3.05, 3.63) is 11.6 Å². The quantitative estimate of drug-likeness (QED) is 0.396. The first-order chi connectivity index (χ1) is 5.70. The van der Waals surface area contributed by atoms with Gasteiger partial charge in [0.1, 0.15) is 0 Å². The molecule has 1 fully saturated rings. The number of hydrogen-bond donors (Lipinski definition) is 1. The molecule has 1 rings (SSSR count). The summed E-state index contributed by atoms with van der Waals surface area (Å²) < 4.78 is 0. The highest BCUT2D eigenvalue weighted by molar-refractivity contribution is 6.21. The maximum Gasteiger partial charge on any atom is 0.0488 e. The van der Waals surface area contributed by atoms with Crippen molar-refractivity contribution in [3.8, 4) is 0 Å². The van der Waals surface area contributed by atoms with Crippen LogP contribution in [0.4, 0.5) is 0 Å². The molecule has 0 spiro atoms. The molecule has 1 nitrogen and oxygen atoms in total. The molecule has 0 bridgehead atoms. The Bertz CT molecular complexity index is 157. The molecule has 70 valence electrons. The summed E-state index contributed by atoms with van der Waals surface area (Å²) in [6.07, 6.45) is 4.85. The maximum absolute atomic E-state index is 6.11. The molecule has 1 N–H and O–H groups in total. The summed E-state index contributed by atoms with van der Waals surface area (Å²) in [5.74, 6) is 0.797. The topological polar surface area (TPSA) is 12.0 Å². The standard InChI is InChI=1S/C10H18ClN/c1-8(2)5-6-12-7-10(11)9-3-4-9/h5,9-10,12H,3-4,6-7H2,1-2H3. The maximum atomic E-state index is 6.11. The smallest absolute Gasteiger partial charge is 0.0488 e. The SMILES string of the molecule is CC(C)=CCNCC(Cl)C1CC1. The summed E-state index contributed by atoms with van der Waals surface area (Å²) in [4.78, 5) is 0. The molecule has 1 saturated carbocycles. The molecule has 1 atom stereocenters. The Morgan fingerprint density at radius 2 is 2.25 bits per heavy atom. The highest BCUT2D eigenvalue weighted by atomic mass is 35.5. The molecule has 0 aromatic heterocycles. The summed E-state index contributed by atoms with van der Waals surface area (Å²) in [5.41, 5.74) is 1.36. The fourth-order valence-corrected chi connectivity index (χ4v) is 1.48. The summed E-state index contributed by atoms with van der Waals surface area (Å²) in [7, 11) is 0. The lowest BCUT2D eigenvalue weighted by Gasteiger charge is -2.07. The number of rotatable bonds is 5. The Morgan fingerprint density at radius 3 is 2.75 bits per heavy atom. The average molecular weight is 188 g/mol. The van der Waals surface area contributed by atoms with Crippen LogP contribution in [0.2, 0.25) is 0 Å². The second-order valence-corrected chi connectivity index (χ2v) is 4.35. The third-order valence-corrected chi connectivity index (χ3v) is 2.64. The molecular weight excluding hydrogens is 170 g/mol. The van der Waals surface area contributed by atoms with Gasteiger partial charge in [-0.2, -0.15) is 0 Å². The zero-order valence-corrected chi connectivity index (χ0v) is 8.69. The zero-order valence-electron chi connectivity index (χ0n) is 7.94. The van der Waals surface area contributed by atoms with Crippen molar-refractivity contribution in [2.45, 2.75) is 32.1 Å². The van der Waals surface area contributed by atoms with Gasteiger partial charge in [-0.15, -0.1) is 11.6 Å². The highest BCUT2D eigenvalue weighted by Crippen LogP contribution is 2.35. The summed E-state index contributed by atoms with van der Waals surface area (Å²) in [6.45, 7) is 6.13.